The molecule has 0 saturated heterocycles. The van der Waals surface area contributed by atoms with Crippen LogP contribution >= 0.6 is 0 Å². The highest BCUT2D eigenvalue weighted by molar-refractivity contribution is 5.77. The van der Waals surface area contributed by atoms with Gasteiger partial charge in [-0.1, -0.05) is 6.07 Å². The molecule has 36 heavy (non-hydrogen) atoms. The van der Waals surface area contributed by atoms with E-state index in [0.717, 1.165) is 18.7 Å². The van der Waals surface area contributed by atoms with Gasteiger partial charge in [0.05, 0.1) is 11.3 Å². The summed E-state index contributed by atoms with van der Waals surface area (Å²) in [6, 6.07) is 10.6. The molecule has 0 spiro atoms. The van der Waals surface area contributed by atoms with E-state index >= 15 is 0 Å². The van der Waals surface area contributed by atoms with E-state index in [0.29, 0.717) is 29.2 Å². The summed E-state index contributed by atoms with van der Waals surface area (Å²) >= 11 is 0. The molecule has 8 nitrogen and oxygen atoms in total. The van der Waals surface area contributed by atoms with Crippen molar-refractivity contribution in [2.24, 2.45) is 0 Å². The zero-order chi connectivity index (χ0) is 25.8. The van der Waals surface area contributed by atoms with Gasteiger partial charge in [-0.15, -0.1) is 0 Å². The van der Waals surface area contributed by atoms with E-state index in [2.05, 4.69) is 46.6 Å². The van der Waals surface area contributed by atoms with Crippen molar-refractivity contribution in [3.05, 3.63) is 75.5 Å². The highest BCUT2D eigenvalue weighted by Gasteiger charge is 2.27. The average Bonchev–Trinajstić information content (AvgIpc) is 3.09. The van der Waals surface area contributed by atoms with Gasteiger partial charge in [0, 0.05) is 29.5 Å². The van der Waals surface area contributed by atoms with E-state index in [1.165, 1.54) is 41.9 Å². The van der Waals surface area contributed by atoms with Crippen molar-refractivity contribution in [3.63, 3.8) is 0 Å². The number of rotatable bonds is 5. The van der Waals surface area contributed by atoms with Crippen molar-refractivity contribution in [2.75, 3.05) is 11.9 Å². The molecule has 0 amide bonds. The lowest BCUT2D eigenvalue weighted by Crippen LogP contribution is -2.42. The maximum atomic E-state index is 14.5. The van der Waals surface area contributed by atoms with E-state index in [1.54, 1.807) is 16.8 Å². The first-order valence-corrected chi connectivity index (χ1v) is 12.2. The molecular formula is C27H31FN6O2. The van der Waals surface area contributed by atoms with Gasteiger partial charge in [0.15, 0.2) is 5.65 Å². The number of benzene rings is 2. The standard InChI is InChI=1S/C27H31FN6O2/c1-6-33-24(35)19-15-29-25(31-17-7-9-20-16(13-17)11-12-30-26(20,2)3)32-23(19)34(33)18-8-10-22(28)21(14-18)27(4,5)36/h7-10,13-15,30,36H,6,11-12H2,1-5H3,(H,29,31,32). The lowest BCUT2D eigenvalue weighted by molar-refractivity contribution is 0.0745. The molecular weight excluding hydrogens is 459 g/mol. The van der Waals surface area contributed by atoms with Crippen molar-refractivity contribution in [3.8, 4) is 5.69 Å². The van der Waals surface area contributed by atoms with Gasteiger partial charge in [0.25, 0.3) is 5.56 Å². The predicted octanol–water partition coefficient (Wildman–Crippen LogP) is 4.09. The quantitative estimate of drug-likeness (QED) is 0.390. The van der Waals surface area contributed by atoms with Gasteiger partial charge in [0.2, 0.25) is 5.95 Å². The molecule has 4 aromatic rings. The summed E-state index contributed by atoms with van der Waals surface area (Å²) in [5.74, 6) is -0.168. The molecule has 9 heteroatoms. The van der Waals surface area contributed by atoms with Crippen LogP contribution in [-0.4, -0.2) is 31.0 Å². The van der Waals surface area contributed by atoms with Crippen molar-refractivity contribution < 1.29 is 9.50 Å². The summed E-state index contributed by atoms with van der Waals surface area (Å²) in [5, 5.41) is 17.6. The number of anilines is 2. The van der Waals surface area contributed by atoms with Gasteiger partial charge in [-0.3, -0.25) is 4.79 Å². The average molecular weight is 491 g/mol. The molecule has 3 N–H and O–H groups in total. The van der Waals surface area contributed by atoms with Crippen LogP contribution in [0.3, 0.4) is 0 Å². The maximum Gasteiger partial charge on any atom is 0.278 e. The summed E-state index contributed by atoms with van der Waals surface area (Å²) in [6.45, 7) is 10.5. The van der Waals surface area contributed by atoms with Crippen molar-refractivity contribution in [1.82, 2.24) is 24.6 Å². The number of fused-ring (bicyclic) bond motifs is 2. The lowest BCUT2D eigenvalue weighted by atomic mass is 9.85. The van der Waals surface area contributed by atoms with Gasteiger partial charge >= 0.3 is 0 Å². The van der Waals surface area contributed by atoms with Crippen molar-refractivity contribution >= 4 is 22.7 Å². The van der Waals surface area contributed by atoms with Crippen molar-refractivity contribution in [2.45, 2.75) is 58.7 Å². The third-order valence-corrected chi connectivity index (χ3v) is 6.82. The molecule has 0 aliphatic carbocycles. The summed E-state index contributed by atoms with van der Waals surface area (Å²) in [4.78, 5) is 22.2. The van der Waals surface area contributed by atoms with Crippen LogP contribution in [0.5, 0.6) is 0 Å². The van der Waals surface area contributed by atoms with Crippen LogP contribution in [0.25, 0.3) is 16.7 Å². The first kappa shape index (κ1) is 24.1. The summed E-state index contributed by atoms with van der Waals surface area (Å²) in [5.41, 5.74) is 2.74. The first-order valence-electron chi connectivity index (χ1n) is 12.2. The first-order chi connectivity index (χ1) is 17.0. The minimum Gasteiger partial charge on any atom is -0.386 e. The SMILES string of the molecule is CCn1c(=O)c2cnc(Nc3ccc4c(c3)CCNC4(C)C)nc2n1-c1ccc(F)c(C(C)(C)O)c1. The van der Waals surface area contributed by atoms with Crippen LogP contribution in [0.1, 0.15) is 51.3 Å². The molecule has 0 unspecified atom stereocenters. The molecule has 2 aromatic heterocycles. The molecule has 1 aliphatic heterocycles. The predicted molar refractivity (Wildman–Crippen MR) is 138 cm³/mol. The maximum absolute atomic E-state index is 14.5. The number of nitrogens with one attached hydrogen (secondary N) is 2. The number of hydrogen-bond donors (Lipinski definition) is 3. The molecule has 0 atom stereocenters. The molecule has 188 valence electrons. The van der Waals surface area contributed by atoms with Crippen LogP contribution in [-0.2, 0) is 24.1 Å². The number of aliphatic hydroxyl groups is 1. The van der Waals surface area contributed by atoms with Gasteiger partial charge < -0.3 is 15.7 Å². The summed E-state index contributed by atoms with van der Waals surface area (Å²) < 4.78 is 17.7. The minimum atomic E-state index is -1.39. The van der Waals surface area contributed by atoms with Crippen LogP contribution in [0.15, 0.2) is 47.4 Å². The fourth-order valence-electron chi connectivity index (χ4n) is 4.97. The van der Waals surface area contributed by atoms with Gasteiger partial charge in [-0.25, -0.2) is 18.7 Å². The number of halogens is 1. The van der Waals surface area contributed by atoms with Gasteiger partial charge in [-0.05, 0) is 89.0 Å². The van der Waals surface area contributed by atoms with Gasteiger partial charge in [-0.2, -0.15) is 4.98 Å². The Morgan fingerprint density at radius 2 is 2.00 bits per heavy atom. The number of aromatic nitrogens is 4. The van der Waals surface area contributed by atoms with Gasteiger partial charge in [0.1, 0.15) is 11.2 Å². The molecule has 3 heterocycles. The highest BCUT2D eigenvalue weighted by Crippen LogP contribution is 2.31. The molecule has 0 bridgehead atoms. The second kappa shape index (κ2) is 8.53. The third kappa shape index (κ3) is 4.08. The lowest BCUT2D eigenvalue weighted by Gasteiger charge is -2.34. The Kier molecular flexibility index (Phi) is 5.72. The molecule has 5 rings (SSSR count). The summed E-state index contributed by atoms with van der Waals surface area (Å²) in [7, 11) is 0. The van der Waals surface area contributed by atoms with E-state index < -0.39 is 11.4 Å². The minimum absolute atomic E-state index is 0.0855. The van der Waals surface area contributed by atoms with Crippen LogP contribution in [0.4, 0.5) is 16.0 Å². The Bertz CT molecular complexity index is 1530. The Morgan fingerprint density at radius 3 is 2.72 bits per heavy atom. The zero-order valence-corrected chi connectivity index (χ0v) is 21.2. The Labute approximate surface area is 208 Å². The van der Waals surface area contributed by atoms with Crippen LogP contribution < -0.4 is 16.2 Å². The second-order valence-corrected chi connectivity index (χ2v) is 10.3. The Hall–Kier alpha value is -3.56. The zero-order valence-electron chi connectivity index (χ0n) is 21.2. The topological polar surface area (TPSA) is 97.0 Å². The fourth-order valence-corrected chi connectivity index (χ4v) is 4.97. The normalized spacial score (nSPS) is 15.2. The number of hydrogen-bond acceptors (Lipinski definition) is 6. The van der Waals surface area contributed by atoms with E-state index in [4.69, 9.17) is 0 Å². The van der Waals surface area contributed by atoms with Crippen LogP contribution in [0, 0.1) is 5.82 Å². The number of nitrogens with zero attached hydrogens (tertiary/aromatic N) is 4. The van der Waals surface area contributed by atoms with Crippen LogP contribution in [0.2, 0.25) is 0 Å². The monoisotopic (exact) mass is 490 g/mol. The molecule has 1 aliphatic rings. The van der Waals surface area contributed by atoms with E-state index in [-0.39, 0.29) is 16.7 Å². The summed E-state index contributed by atoms with van der Waals surface area (Å²) in [6.07, 6.45) is 2.45. The van der Waals surface area contributed by atoms with E-state index in [1.807, 2.05) is 13.0 Å². The second-order valence-electron chi connectivity index (χ2n) is 10.3. The smallest absolute Gasteiger partial charge is 0.278 e. The van der Waals surface area contributed by atoms with Crippen molar-refractivity contribution in [1.29, 1.82) is 0 Å². The molecule has 0 radical (unpaired) electrons. The third-order valence-electron chi connectivity index (χ3n) is 6.82. The molecule has 2 aromatic carbocycles. The fraction of sp³-hybridized carbons (Fsp3) is 0.370. The molecule has 0 fully saturated rings. The van der Waals surface area contributed by atoms with E-state index in [9.17, 15) is 14.3 Å². The largest absolute Gasteiger partial charge is 0.386 e. The highest BCUT2D eigenvalue weighted by atomic mass is 19.1. The Balaban J connectivity index is 1.60. The molecule has 0 saturated carbocycles. The Morgan fingerprint density at radius 1 is 1.22 bits per heavy atom.